The topological polar surface area (TPSA) is 80.3 Å². The van der Waals surface area contributed by atoms with Crippen molar-refractivity contribution >= 4 is 23.0 Å². The average molecular weight is 302 g/mol. The monoisotopic (exact) mass is 302 g/mol. The summed E-state index contributed by atoms with van der Waals surface area (Å²) in [6.07, 6.45) is 2.63. The molecule has 0 radical (unpaired) electrons. The third-order valence-corrected chi connectivity index (χ3v) is 4.18. The molecule has 0 saturated carbocycles. The predicted molar refractivity (Wildman–Crippen MR) is 85.6 cm³/mol. The fraction of sp³-hybridized carbons (Fsp3) is 0.533. The highest BCUT2D eigenvalue weighted by Gasteiger charge is 2.20. The van der Waals surface area contributed by atoms with Crippen molar-refractivity contribution in [3.8, 4) is 0 Å². The zero-order chi connectivity index (χ0) is 15.7. The van der Waals surface area contributed by atoms with E-state index in [2.05, 4.69) is 21.9 Å². The van der Waals surface area contributed by atoms with Gasteiger partial charge in [-0.1, -0.05) is 0 Å². The summed E-state index contributed by atoms with van der Waals surface area (Å²) in [7, 11) is 2.09. The molecule has 0 spiro atoms. The second kappa shape index (κ2) is 5.92. The van der Waals surface area contributed by atoms with Crippen LogP contribution in [0.25, 0.3) is 11.2 Å². The Balaban J connectivity index is 1.88. The van der Waals surface area contributed by atoms with Crippen LogP contribution in [0.2, 0.25) is 0 Å². The van der Waals surface area contributed by atoms with E-state index >= 15 is 0 Å². The van der Waals surface area contributed by atoms with Crippen LogP contribution in [-0.4, -0.2) is 63.5 Å². The van der Waals surface area contributed by atoms with Gasteiger partial charge in [0.1, 0.15) is 5.52 Å². The third kappa shape index (κ3) is 2.64. The lowest BCUT2D eigenvalue weighted by molar-refractivity contribution is 0.0762. The van der Waals surface area contributed by atoms with Gasteiger partial charge in [-0.25, -0.2) is 9.97 Å². The molecule has 1 amide bonds. The molecule has 7 heteroatoms. The molecule has 0 bridgehead atoms. The molecule has 0 atom stereocenters. The van der Waals surface area contributed by atoms with E-state index in [-0.39, 0.29) is 5.91 Å². The number of fused-ring (bicyclic) bond motifs is 1. The minimum Gasteiger partial charge on any atom is -0.369 e. The van der Waals surface area contributed by atoms with Gasteiger partial charge in [-0.2, -0.15) is 0 Å². The molecule has 118 valence electrons. The number of nitrogens with two attached hydrogens (primary N) is 1. The number of aromatic nitrogens is 3. The first kappa shape index (κ1) is 14.8. The van der Waals surface area contributed by atoms with E-state index in [1.54, 1.807) is 12.3 Å². The minimum absolute atomic E-state index is 0.0225. The van der Waals surface area contributed by atoms with Crippen LogP contribution in [0, 0.1) is 0 Å². The normalized spacial score (nSPS) is 16.9. The summed E-state index contributed by atoms with van der Waals surface area (Å²) in [5.41, 5.74) is 7.87. The van der Waals surface area contributed by atoms with Crippen molar-refractivity contribution in [2.45, 2.75) is 19.9 Å². The van der Waals surface area contributed by atoms with Crippen LogP contribution < -0.4 is 5.73 Å². The van der Waals surface area contributed by atoms with Gasteiger partial charge >= 0.3 is 0 Å². The molecule has 2 aromatic rings. The Morgan fingerprint density at radius 3 is 2.91 bits per heavy atom. The Morgan fingerprint density at radius 2 is 2.14 bits per heavy atom. The molecule has 1 saturated heterocycles. The summed E-state index contributed by atoms with van der Waals surface area (Å²) in [6, 6.07) is 1.79. The van der Waals surface area contributed by atoms with Crippen molar-refractivity contribution in [1.29, 1.82) is 0 Å². The van der Waals surface area contributed by atoms with Crippen molar-refractivity contribution in [2.24, 2.45) is 0 Å². The number of pyridine rings is 1. The molecule has 3 heterocycles. The van der Waals surface area contributed by atoms with Gasteiger partial charge in [0.2, 0.25) is 5.95 Å². The number of likely N-dealkylation sites (N-methyl/N-ethyl adjacent to an activating group) is 1. The van der Waals surface area contributed by atoms with Crippen molar-refractivity contribution in [3.05, 3.63) is 17.8 Å². The highest BCUT2D eigenvalue weighted by atomic mass is 16.2. The van der Waals surface area contributed by atoms with E-state index in [9.17, 15) is 4.79 Å². The molecule has 2 aromatic heterocycles. The zero-order valence-electron chi connectivity index (χ0n) is 13.1. The fourth-order valence-electron chi connectivity index (χ4n) is 2.89. The molecule has 0 unspecified atom stereocenters. The second-order valence-electron chi connectivity index (χ2n) is 5.73. The second-order valence-corrected chi connectivity index (χ2v) is 5.73. The van der Waals surface area contributed by atoms with E-state index in [1.807, 2.05) is 16.4 Å². The van der Waals surface area contributed by atoms with E-state index in [0.29, 0.717) is 23.6 Å². The van der Waals surface area contributed by atoms with Crippen LogP contribution in [-0.2, 0) is 6.54 Å². The van der Waals surface area contributed by atoms with Crippen molar-refractivity contribution in [2.75, 3.05) is 39.0 Å². The van der Waals surface area contributed by atoms with Gasteiger partial charge in [-0.15, -0.1) is 0 Å². The number of hydrogen-bond donors (Lipinski definition) is 1. The van der Waals surface area contributed by atoms with E-state index in [0.717, 1.165) is 38.2 Å². The Kier molecular flexibility index (Phi) is 3.98. The summed E-state index contributed by atoms with van der Waals surface area (Å²) in [5.74, 6) is 0.459. The van der Waals surface area contributed by atoms with Crippen LogP contribution in [0.4, 0.5) is 5.95 Å². The smallest absolute Gasteiger partial charge is 0.255 e. The van der Waals surface area contributed by atoms with Crippen LogP contribution in [0.1, 0.15) is 23.7 Å². The lowest BCUT2D eigenvalue weighted by Crippen LogP contribution is -2.34. The van der Waals surface area contributed by atoms with Crippen LogP contribution in [0.5, 0.6) is 0 Å². The van der Waals surface area contributed by atoms with Crippen LogP contribution >= 0.6 is 0 Å². The van der Waals surface area contributed by atoms with Crippen molar-refractivity contribution in [1.82, 2.24) is 24.3 Å². The number of nitrogens with zero attached hydrogens (tertiary/aromatic N) is 5. The van der Waals surface area contributed by atoms with Gasteiger partial charge in [0.25, 0.3) is 5.91 Å². The first-order chi connectivity index (χ1) is 10.6. The van der Waals surface area contributed by atoms with E-state index in [1.165, 1.54) is 0 Å². The predicted octanol–water partition coefficient (Wildman–Crippen LogP) is 0.811. The Morgan fingerprint density at radius 1 is 1.32 bits per heavy atom. The molecule has 0 aliphatic carbocycles. The summed E-state index contributed by atoms with van der Waals surface area (Å²) in [5, 5.41) is 0. The zero-order valence-corrected chi connectivity index (χ0v) is 13.1. The number of carbonyl (C=O) groups excluding carboxylic acids is 1. The molecule has 1 aliphatic rings. The summed E-state index contributed by atoms with van der Waals surface area (Å²) in [4.78, 5) is 25.5. The molecule has 1 fully saturated rings. The molecule has 3 rings (SSSR count). The van der Waals surface area contributed by atoms with Crippen molar-refractivity contribution in [3.63, 3.8) is 0 Å². The highest BCUT2D eigenvalue weighted by Crippen LogP contribution is 2.18. The minimum atomic E-state index is 0.0225. The number of hydrogen-bond acceptors (Lipinski definition) is 5. The number of anilines is 1. The van der Waals surface area contributed by atoms with E-state index in [4.69, 9.17) is 5.73 Å². The molecule has 2 N–H and O–H groups in total. The maximum Gasteiger partial charge on any atom is 0.255 e. The first-order valence-electron chi connectivity index (χ1n) is 7.69. The molecule has 0 aromatic carbocycles. The first-order valence-corrected chi connectivity index (χ1v) is 7.69. The Hall–Kier alpha value is -2.15. The lowest BCUT2D eigenvalue weighted by Gasteiger charge is -2.20. The maximum absolute atomic E-state index is 12.7. The number of aryl methyl sites for hydroxylation is 1. The molecular formula is C15H22N6O. The van der Waals surface area contributed by atoms with Crippen LogP contribution in [0.3, 0.4) is 0 Å². The standard InChI is InChI=1S/C15H22N6O/c1-3-21-13-12(18-15(21)16)9-11(10-17-13)14(22)20-6-4-5-19(2)7-8-20/h9-10H,3-8H2,1-2H3,(H2,16,18). The van der Waals surface area contributed by atoms with Gasteiger partial charge in [0.05, 0.1) is 5.56 Å². The van der Waals surface area contributed by atoms with Crippen LogP contribution in [0.15, 0.2) is 12.3 Å². The van der Waals surface area contributed by atoms with Gasteiger partial charge in [-0.05, 0) is 33.0 Å². The average Bonchev–Trinajstić information content (AvgIpc) is 2.66. The third-order valence-electron chi connectivity index (χ3n) is 4.18. The molecule has 7 nitrogen and oxygen atoms in total. The summed E-state index contributed by atoms with van der Waals surface area (Å²) in [6.45, 7) is 6.16. The highest BCUT2D eigenvalue weighted by molar-refractivity contribution is 5.96. The quantitative estimate of drug-likeness (QED) is 0.888. The number of imidazole rings is 1. The molecule has 22 heavy (non-hydrogen) atoms. The molecule has 1 aliphatic heterocycles. The van der Waals surface area contributed by atoms with Gasteiger partial charge in [0.15, 0.2) is 5.65 Å². The SMILES string of the molecule is CCn1c(N)nc2cc(C(=O)N3CCCN(C)CC3)cnc21. The molecular weight excluding hydrogens is 280 g/mol. The number of rotatable bonds is 2. The lowest BCUT2D eigenvalue weighted by atomic mass is 10.2. The van der Waals surface area contributed by atoms with Gasteiger partial charge < -0.3 is 15.5 Å². The number of carbonyl (C=O) groups is 1. The van der Waals surface area contributed by atoms with Crippen molar-refractivity contribution < 1.29 is 4.79 Å². The van der Waals surface area contributed by atoms with Gasteiger partial charge in [0, 0.05) is 32.4 Å². The van der Waals surface area contributed by atoms with Gasteiger partial charge in [-0.3, -0.25) is 9.36 Å². The maximum atomic E-state index is 12.7. The Bertz CT molecular complexity index is 695. The largest absolute Gasteiger partial charge is 0.369 e. The number of amides is 1. The Labute approximate surface area is 129 Å². The summed E-state index contributed by atoms with van der Waals surface area (Å²) < 4.78 is 1.84. The summed E-state index contributed by atoms with van der Waals surface area (Å²) >= 11 is 0. The fourth-order valence-corrected chi connectivity index (χ4v) is 2.89. The number of nitrogen functional groups attached to an aromatic ring is 1. The van der Waals surface area contributed by atoms with E-state index < -0.39 is 0 Å².